The van der Waals surface area contributed by atoms with Crippen molar-refractivity contribution in [3.05, 3.63) is 59.4 Å². The van der Waals surface area contributed by atoms with E-state index in [-0.39, 0.29) is 28.2 Å². The summed E-state index contributed by atoms with van der Waals surface area (Å²) in [4.78, 5) is 38.9. The van der Waals surface area contributed by atoms with Crippen LogP contribution in [0.15, 0.2) is 53.8 Å². The maximum absolute atomic E-state index is 13.3. The molecular weight excluding hydrogens is 548 g/mol. The van der Waals surface area contributed by atoms with E-state index >= 15 is 0 Å². The summed E-state index contributed by atoms with van der Waals surface area (Å²) < 4.78 is 32.6. The fraction of sp³-hybridized carbons (Fsp3) is 0.444. The Morgan fingerprint density at radius 3 is 2.51 bits per heavy atom. The van der Waals surface area contributed by atoms with Gasteiger partial charge in [0.05, 0.1) is 38.6 Å². The van der Waals surface area contributed by atoms with Crippen molar-refractivity contribution in [2.24, 2.45) is 11.8 Å². The maximum atomic E-state index is 13.3. The van der Waals surface area contributed by atoms with Crippen LogP contribution in [0.2, 0.25) is 0 Å². The number of phenols is 1. The van der Waals surface area contributed by atoms with E-state index in [1.165, 1.54) is 44.6 Å². The van der Waals surface area contributed by atoms with Crippen molar-refractivity contribution >= 4 is 17.7 Å². The molecule has 220 valence electrons. The number of hydrogen-bond acceptors (Lipinski definition) is 14. The molecule has 1 aromatic carbocycles. The van der Waals surface area contributed by atoms with Crippen molar-refractivity contribution in [3.63, 3.8) is 0 Å². The number of aliphatic hydroxyl groups is 4. The third-order valence-electron chi connectivity index (χ3n) is 7.54. The van der Waals surface area contributed by atoms with Gasteiger partial charge in [0.2, 0.25) is 6.29 Å². The number of carbonyl (C=O) groups excluding carboxylic acids is 3. The highest BCUT2D eigenvalue weighted by atomic mass is 16.8. The van der Waals surface area contributed by atoms with Crippen molar-refractivity contribution in [2.45, 2.75) is 42.6 Å². The third kappa shape index (κ3) is 4.77. The number of hydrogen-bond donors (Lipinski definition) is 5. The molecule has 0 aromatic heterocycles. The van der Waals surface area contributed by atoms with E-state index in [9.17, 15) is 39.9 Å². The zero-order valence-electron chi connectivity index (χ0n) is 21.8. The summed E-state index contributed by atoms with van der Waals surface area (Å²) in [6.07, 6.45) is -4.06. The summed E-state index contributed by atoms with van der Waals surface area (Å²) in [5, 5.41) is 50.2. The van der Waals surface area contributed by atoms with Gasteiger partial charge in [0.1, 0.15) is 30.0 Å². The Morgan fingerprint density at radius 1 is 1.07 bits per heavy atom. The van der Waals surface area contributed by atoms with Crippen LogP contribution in [0.3, 0.4) is 0 Å². The van der Waals surface area contributed by atoms with E-state index in [4.69, 9.17) is 28.4 Å². The lowest BCUT2D eigenvalue weighted by Crippen LogP contribution is -2.60. The number of benzene rings is 1. The molecule has 9 atom stereocenters. The van der Waals surface area contributed by atoms with Crippen molar-refractivity contribution in [1.82, 2.24) is 0 Å². The van der Waals surface area contributed by atoms with Gasteiger partial charge >= 0.3 is 11.9 Å². The largest absolute Gasteiger partial charge is 0.504 e. The minimum Gasteiger partial charge on any atom is -0.504 e. The zero-order valence-corrected chi connectivity index (χ0v) is 21.8. The molecule has 3 heterocycles. The van der Waals surface area contributed by atoms with Gasteiger partial charge in [-0.05, 0) is 30.4 Å². The van der Waals surface area contributed by atoms with Crippen molar-refractivity contribution in [2.75, 3.05) is 20.8 Å². The minimum atomic E-state index is -1.77. The van der Waals surface area contributed by atoms with Crippen LogP contribution in [0.1, 0.15) is 10.4 Å². The smallest absolute Gasteiger partial charge is 0.343 e. The predicted molar refractivity (Wildman–Crippen MR) is 132 cm³/mol. The highest BCUT2D eigenvalue weighted by Crippen LogP contribution is 2.51. The van der Waals surface area contributed by atoms with Crippen molar-refractivity contribution in [3.8, 4) is 11.5 Å². The summed E-state index contributed by atoms with van der Waals surface area (Å²) >= 11 is 0. The maximum Gasteiger partial charge on any atom is 0.343 e. The Kier molecular flexibility index (Phi) is 7.63. The Hall–Kier alpha value is -3.79. The molecule has 14 nitrogen and oxygen atoms in total. The molecular formula is C27H28O14. The van der Waals surface area contributed by atoms with Crippen LogP contribution in [0.5, 0.6) is 11.5 Å². The van der Waals surface area contributed by atoms with Crippen LogP contribution >= 0.6 is 0 Å². The van der Waals surface area contributed by atoms with E-state index in [1.807, 2.05) is 0 Å². The van der Waals surface area contributed by atoms with Gasteiger partial charge < -0.3 is 54.0 Å². The summed E-state index contributed by atoms with van der Waals surface area (Å²) in [6, 6.07) is 3.80. The molecule has 14 heteroatoms. The van der Waals surface area contributed by atoms with Crippen LogP contribution in [0.4, 0.5) is 0 Å². The van der Waals surface area contributed by atoms with Gasteiger partial charge in [0, 0.05) is 11.5 Å². The number of Topliss-reactive ketones (excluding diaryl/α,β-unsaturated/α-hetero) is 1. The number of phenolic OH excluding ortho intramolecular Hbond substituents is 1. The highest BCUT2D eigenvalue weighted by Gasteiger charge is 2.60. The molecule has 0 bridgehead atoms. The number of methoxy groups -OCH3 is 2. The number of esters is 2. The molecule has 0 saturated carbocycles. The van der Waals surface area contributed by atoms with Crippen LogP contribution in [0, 0.1) is 11.8 Å². The SMILES string of the molecule is COC(=O)C1=CO[C@@H](O[C@@H]2O[C@H](CO)[C@@H](O)[C@H](O)[C@H]2O)[C@H]2[C@@H]1C=C[C@@]21C=C(C(=O)c2ccc(O)c(OC)c2)C(=O)O1. The third-order valence-corrected chi connectivity index (χ3v) is 7.54. The van der Waals surface area contributed by atoms with Gasteiger partial charge in [-0.25, -0.2) is 9.59 Å². The number of rotatable bonds is 7. The molecule has 0 amide bonds. The van der Waals surface area contributed by atoms with Crippen LogP contribution in [0.25, 0.3) is 0 Å². The lowest BCUT2D eigenvalue weighted by atomic mass is 9.78. The number of ketones is 1. The molecule has 3 aliphatic heterocycles. The van der Waals surface area contributed by atoms with Gasteiger partial charge in [-0.15, -0.1) is 0 Å². The fourth-order valence-corrected chi connectivity index (χ4v) is 5.39. The van der Waals surface area contributed by atoms with Gasteiger partial charge in [0.25, 0.3) is 0 Å². The lowest BCUT2D eigenvalue weighted by molar-refractivity contribution is -0.344. The Bertz CT molecular complexity index is 1330. The first-order chi connectivity index (χ1) is 19.5. The molecule has 1 saturated heterocycles. The second-order valence-corrected chi connectivity index (χ2v) is 9.83. The first kappa shape index (κ1) is 28.7. The fourth-order valence-electron chi connectivity index (χ4n) is 5.39. The Labute approximate surface area is 232 Å². The first-order valence-electron chi connectivity index (χ1n) is 12.5. The van der Waals surface area contributed by atoms with Gasteiger partial charge in [-0.3, -0.25) is 4.79 Å². The number of carbonyl (C=O) groups is 3. The summed E-state index contributed by atoms with van der Waals surface area (Å²) in [5.41, 5.74) is -1.93. The summed E-state index contributed by atoms with van der Waals surface area (Å²) in [7, 11) is 2.47. The zero-order chi connectivity index (χ0) is 29.6. The molecule has 0 radical (unpaired) electrons. The van der Waals surface area contributed by atoms with Crippen molar-refractivity contribution in [1.29, 1.82) is 0 Å². The second-order valence-electron chi connectivity index (χ2n) is 9.83. The summed E-state index contributed by atoms with van der Waals surface area (Å²) in [5.74, 6) is -4.52. The van der Waals surface area contributed by atoms with E-state index in [2.05, 4.69) is 0 Å². The number of allylic oxidation sites excluding steroid dienone is 1. The standard InChI is InChI=1S/C27H28O14/c1-36-16-7-11(3-4-15(16)29)19(30)13-8-27(41-24(13)35)6-5-12-14(23(34)37-2)10-38-25(18(12)27)40-26-22(33)21(32)20(31)17(9-28)39-26/h3-8,10,12,17-18,20-22,25-26,28-29,31-33H,9H2,1-2H3/t12-,17-,18-,20-,21+,22-,25+,26+,27-/m1/s1. The average molecular weight is 577 g/mol. The predicted octanol–water partition coefficient (Wildman–Crippen LogP) is -1.16. The lowest BCUT2D eigenvalue weighted by Gasteiger charge is -2.44. The summed E-state index contributed by atoms with van der Waals surface area (Å²) in [6.45, 7) is -0.700. The van der Waals surface area contributed by atoms with Crippen LogP contribution < -0.4 is 4.74 Å². The monoisotopic (exact) mass is 576 g/mol. The molecule has 1 aromatic rings. The van der Waals surface area contributed by atoms with Crippen molar-refractivity contribution < 1.29 is 68.3 Å². The molecule has 5 rings (SSSR count). The van der Waals surface area contributed by atoms with Gasteiger partial charge in [-0.1, -0.05) is 6.08 Å². The quantitative estimate of drug-likeness (QED) is 0.112. The number of aliphatic hydroxyl groups excluding tert-OH is 4. The second kappa shape index (κ2) is 10.9. The normalized spacial score (nSPS) is 35.7. The Morgan fingerprint density at radius 2 is 1.83 bits per heavy atom. The minimum absolute atomic E-state index is 0.0138. The van der Waals surface area contributed by atoms with Crippen LogP contribution in [-0.2, 0) is 33.3 Å². The number of fused-ring (bicyclic) bond motifs is 2. The average Bonchev–Trinajstić information content (AvgIpc) is 3.52. The number of aromatic hydroxyl groups is 1. The first-order valence-corrected chi connectivity index (χ1v) is 12.5. The topological polar surface area (TPSA) is 208 Å². The highest BCUT2D eigenvalue weighted by molar-refractivity contribution is 6.25. The van der Waals surface area contributed by atoms with Gasteiger partial charge in [0.15, 0.2) is 29.2 Å². The molecule has 5 N–H and O–H groups in total. The molecule has 1 fully saturated rings. The molecule has 4 aliphatic rings. The van der Waals surface area contributed by atoms with E-state index in [0.717, 1.165) is 6.26 Å². The van der Waals surface area contributed by atoms with E-state index in [0.29, 0.717) is 0 Å². The molecule has 0 unspecified atom stereocenters. The van der Waals surface area contributed by atoms with Gasteiger partial charge in [-0.2, -0.15) is 0 Å². The van der Waals surface area contributed by atoms with Crippen LogP contribution in [-0.4, -0.2) is 107 Å². The molecule has 1 spiro atoms. The Balaban J connectivity index is 1.50. The van der Waals surface area contributed by atoms with E-state index in [1.54, 1.807) is 6.08 Å². The van der Waals surface area contributed by atoms with E-state index < -0.39 is 78.8 Å². The molecule has 1 aliphatic carbocycles. The number of ether oxygens (including phenoxy) is 6. The molecule has 41 heavy (non-hydrogen) atoms.